The summed E-state index contributed by atoms with van der Waals surface area (Å²) in [7, 11) is 0. The summed E-state index contributed by atoms with van der Waals surface area (Å²) in [5.41, 5.74) is 0.912. The SMILES string of the molecule is c1cncc(-n2nc(C3CCOCC3)nc2CCn2cnnn2)c1. The first-order valence-electron chi connectivity index (χ1n) is 8.05. The van der Waals surface area contributed by atoms with Crippen molar-refractivity contribution in [3.63, 3.8) is 0 Å². The zero-order valence-corrected chi connectivity index (χ0v) is 13.2. The van der Waals surface area contributed by atoms with Crippen LogP contribution in [0.4, 0.5) is 0 Å². The van der Waals surface area contributed by atoms with E-state index in [1.807, 2.05) is 16.8 Å². The second-order valence-corrected chi connectivity index (χ2v) is 5.72. The highest BCUT2D eigenvalue weighted by atomic mass is 16.5. The van der Waals surface area contributed by atoms with Gasteiger partial charge in [-0.1, -0.05) is 0 Å². The third-order valence-corrected chi connectivity index (χ3v) is 4.12. The molecule has 0 spiro atoms. The molecule has 4 rings (SSSR count). The lowest BCUT2D eigenvalue weighted by molar-refractivity contribution is 0.0836. The number of pyridine rings is 1. The van der Waals surface area contributed by atoms with E-state index in [1.54, 1.807) is 23.4 Å². The van der Waals surface area contributed by atoms with Crippen LogP contribution in [0.1, 0.15) is 30.4 Å². The molecule has 1 aliphatic heterocycles. The second-order valence-electron chi connectivity index (χ2n) is 5.72. The smallest absolute Gasteiger partial charge is 0.154 e. The zero-order valence-electron chi connectivity index (χ0n) is 13.2. The fraction of sp³-hybridized carbons (Fsp3) is 0.467. The number of rotatable bonds is 5. The fourth-order valence-corrected chi connectivity index (χ4v) is 2.84. The predicted octanol–water partition coefficient (Wildman–Crippen LogP) is 0.785. The summed E-state index contributed by atoms with van der Waals surface area (Å²) in [6.07, 6.45) is 7.76. The standard InChI is InChI=1S/C15H18N8O/c1-2-13(10-16-6-1)23-14(3-7-22-11-17-20-21-22)18-15(19-23)12-4-8-24-9-5-12/h1-2,6,10-12H,3-5,7-9H2. The molecule has 0 saturated carbocycles. The van der Waals surface area contributed by atoms with Gasteiger partial charge in [-0.25, -0.2) is 14.3 Å². The summed E-state index contributed by atoms with van der Waals surface area (Å²) in [5.74, 6) is 2.12. The first-order valence-corrected chi connectivity index (χ1v) is 8.05. The number of hydrogen-bond acceptors (Lipinski definition) is 7. The fourth-order valence-electron chi connectivity index (χ4n) is 2.84. The summed E-state index contributed by atoms with van der Waals surface area (Å²) in [6, 6.07) is 3.88. The van der Waals surface area contributed by atoms with Gasteiger partial charge in [-0.2, -0.15) is 5.10 Å². The molecule has 1 aliphatic rings. The average molecular weight is 326 g/mol. The summed E-state index contributed by atoms with van der Waals surface area (Å²) >= 11 is 0. The number of nitrogens with zero attached hydrogens (tertiary/aromatic N) is 8. The highest BCUT2D eigenvalue weighted by Crippen LogP contribution is 2.25. The van der Waals surface area contributed by atoms with Gasteiger partial charge in [0.15, 0.2) is 5.82 Å². The van der Waals surface area contributed by atoms with Crippen LogP contribution in [0.2, 0.25) is 0 Å². The summed E-state index contributed by atoms with van der Waals surface area (Å²) in [5, 5.41) is 16.0. The van der Waals surface area contributed by atoms with E-state index in [0.29, 0.717) is 18.9 Å². The summed E-state index contributed by atoms with van der Waals surface area (Å²) in [4.78, 5) is 8.98. The van der Waals surface area contributed by atoms with Gasteiger partial charge in [0.25, 0.3) is 0 Å². The molecule has 0 amide bonds. The van der Waals surface area contributed by atoms with E-state index in [2.05, 4.69) is 20.5 Å². The third kappa shape index (κ3) is 3.16. The predicted molar refractivity (Wildman–Crippen MR) is 83.5 cm³/mol. The zero-order chi connectivity index (χ0) is 16.2. The average Bonchev–Trinajstić information content (AvgIpc) is 3.31. The molecule has 1 fully saturated rings. The Morgan fingerprint density at radius 1 is 1.25 bits per heavy atom. The van der Waals surface area contributed by atoms with Crippen LogP contribution in [-0.2, 0) is 17.7 Å². The van der Waals surface area contributed by atoms with Crippen LogP contribution in [0.5, 0.6) is 0 Å². The van der Waals surface area contributed by atoms with Gasteiger partial charge in [0.2, 0.25) is 0 Å². The highest BCUT2D eigenvalue weighted by Gasteiger charge is 2.22. The van der Waals surface area contributed by atoms with Gasteiger partial charge in [0.05, 0.1) is 18.4 Å². The molecule has 0 radical (unpaired) electrons. The van der Waals surface area contributed by atoms with E-state index in [-0.39, 0.29) is 0 Å². The lowest BCUT2D eigenvalue weighted by atomic mass is 10.00. The Morgan fingerprint density at radius 2 is 2.17 bits per heavy atom. The molecule has 9 nitrogen and oxygen atoms in total. The quantitative estimate of drug-likeness (QED) is 0.683. The van der Waals surface area contributed by atoms with Crippen LogP contribution in [0.15, 0.2) is 30.9 Å². The van der Waals surface area contributed by atoms with Crippen LogP contribution < -0.4 is 0 Å². The van der Waals surface area contributed by atoms with E-state index in [4.69, 9.17) is 14.8 Å². The van der Waals surface area contributed by atoms with E-state index in [9.17, 15) is 0 Å². The number of tetrazole rings is 1. The Morgan fingerprint density at radius 3 is 2.92 bits per heavy atom. The van der Waals surface area contributed by atoms with Crippen LogP contribution in [-0.4, -0.2) is 53.2 Å². The van der Waals surface area contributed by atoms with Crippen molar-refractivity contribution in [2.24, 2.45) is 0 Å². The van der Waals surface area contributed by atoms with Crippen molar-refractivity contribution >= 4 is 0 Å². The highest BCUT2D eigenvalue weighted by molar-refractivity contribution is 5.28. The normalized spacial score (nSPS) is 15.7. The Kier molecular flexibility index (Phi) is 4.24. The largest absolute Gasteiger partial charge is 0.381 e. The van der Waals surface area contributed by atoms with Crippen LogP contribution in [0, 0.1) is 0 Å². The Balaban J connectivity index is 1.62. The molecular weight excluding hydrogens is 308 g/mol. The summed E-state index contributed by atoms with van der Waals surface area (Å²) < 4.78 is 9.01. The van der Waals surface area contributed by atoms with Gasteiger partial charge in [0.1, 0.15) is 12.2 Å². The molecule has 1 saturated heterocycles. The van der Waals surface area contributed by atoms with E-state index >= 15 is 0 Å². The molecule has 4 heterocycles. The van der Waals surface area contributed by atoms with Crippen LogP contribution >= 0.6 is 0 Å². The van der Waals surface area contributed by atoms with Gasteiger partial charge < -0.3 is 4.74 Å². The Hall–Kier alpha value is -2.68. The lowest BCUT2D eigenvalue weighted by Gasteiger charge is -2.18. The molecule has 3 aromatic heterocycles. The monoisotopic (exact) mass is 326 g/mol. The van der Waals surface area contributed by atoms with Crippen molar-refractivity contribution in [3.8, 4) is 5.69 Å². The molecule has 0 N–H and O–H groups in total. The van der Waals surface area contributed by atoms with Crippen molar-refractivity contribution < 1.29 is 4.74 Å². The maximum Gasteiger partial charge on any atom is 0.154 e. The molecule has 0 aromatic carbocycles. The number of aryl methyl sites for hydroxylation is 2. The first kappa shape index (κ1) is 14.9. The van der Waals surface area contributed by atoms with Gasteiger partial charge in [-0.3, -0.25) is 4.98 Å². The second kappa shape index (κ2) is 6.83. The minimum absolute atomic E-state index is 0.350. The molecule has 0 bridgehead atoms. The third-order valence-electron chi connectivity index (χ3n) is 4.12. The van der Waals surface area contributed by atoms with Gasteiger partial charge in [-0.05, 0) is 35.4 Å². The molecule has 3 aromatic rings. The molecule has 9 heteroatoms. The minimum Gasteiger partial charge on any atom is -0.381 e. The van der Waals surface area contributed by atoms with Crippen molar-refractivity contribution in [2.45, 2.75) is 31.7 Å². The minimum atomic E-state index is 0.350. The molecular formula is C15H18N8O. The van der Waals surface area contributed by atoms with Gasteiger partial charge in [-0.15, -0.1) is 5.10 Å². The van der Waals surface area contributed by atoms with Crippen LogP contribution in [0.3, 0.4) is 0 Å². The van der Waals surface area contributed by atoms with E-state index < -0.39 is 0 Å². The van der Waals surface area contributed by atoms with Gasteiger partial charge in [0, 0.05) is 31.7 Å². The number of ether oxygens (including phenoxy) is 1. The number of aromatic nitrogens is 8. The molecule has 0 unspecified atom stereocenters. The topological polar surface area (TPSA) is 96.4 Å². The lowest BCUT2D eigenvalue weighted by Crippen LogP contribution is -2.15. The molecule has 24 heavy (non-hydrogen) atoms. The molecule has 0 atom stereocenters. The van der Waals surface area contributed by atoms with Crippen molar-refractivity contribution in [2.75, 3.05) is 13.2 Å². The molecule has 0 aliphatic carbocycles. The van der Waals surface area contributed by atoms with E-state index in [1.165, 1.54) is 0 Å². The maximum atomic E-state index is 5.44. The van der Waals surface area contributed by atoms with Crippen molar-refractivity contribution in [3.05, 3.63) is 42.5 Å². The number of hydrogen-bond donors (Lipinski definition) is 0. The first-order chi connectivity index (χ1) is 11.9. The van der Waals surface area contributed by atoms with Crippen molar-refractivity contribution in [1.29, 1.82) is 0 Å². The van der Waals surface area contributed by atoms with Gasteiger partial charge >= 0.3 is 0 Å². The Labute approximate surface area is 138 Å². The van der Waals surface area contributed by atoms with E-state index in [0.717, 1.165) is 43.4 Å². The summed E-state index contributed by atoms with van der Waals surface area (Å²) in [6.45, 7) is 2.19. The molecule has 124 valence electrons. The Bertz CT molecular complexity index is 764. The van der Waals surface area contributed by atoms with Crippen LogP contribution in [0.25, 0.3) is 5.69 Å². The maximum absolute atomic E-state index is 5.44. The van der Waals surface area contributed by atoms with Crippen molar-refractivity contribution in [1.82, 2.24) is 40.0 Å².